The van der Waals surface area contributed by atoms with Crippen LogP contribution in [0.2, 0.25) is 0 Å². The van der Waals surface area contributed by atoms with E-state index in [0.717, 1.165) is 15.9 Å². The van der Waals surface area contributed by atoms with Gasteiger partial charge in [0.25, 0.3) is 0 Å². The van der Waals surface area contributed by atoms with Gasteiger partial charge in [-0.3, -0.25) is 23.9 Å². The molecule has 0 radical (unpaired) electrons. The van der Waals surface area contributed by atoms with E-state index in [-0.39, 0.29) is 24.7 Å². The summed E-state index contributed by atoms with van der Waals surface area (Å²) >= 11 is 0. The average molecular weight is 691 g/mol. The molecule has 1 aliphatic heterocycles. The first-order valence-electron chi connectivity index (χ1n) is 14.9. The zero-order valence-electron chi connectivity index (χ0n) is 26.2. The predicted octanol–water partition coefficient (Wildman–Crippen LogP) is -0.933. The van der Waals surface area contributed by atoms with Crippen LogP contribution in [0, 0.1) is 0 Å². The van der Waals surface area contributed by atoms with Gasteiger partial charge in [0.1, 0.15) is 28.6 Å². The molecule has 3 heterocycles. The van der Waals surface area contributed by atoms with Gasteiger partial charge in [-0.25, -0.2) is 9.78 Å². The van der Waals surface area contributed by atoms with Gasteiger partial charge in [0.05, 0.1) is 6.33 Å². The number of benzene rings is 3. The highest BCUT2D eigenvalue weighted by atomic mass is 35.5. The normalized spacial score (nSPS) is 18.9. The summed E-state index contributed by atoms with van der Waals surface area (Å²) in [6.45, 7) is 3.38. The van der Waals surface area contributed by atoms with Crippen molar-refractivity contribution in [3.63, 3.8) is 0 Å². The first kappa shape index (κ1) is 34.4. The molecule has 6 rings (SSSR count). The number of aromatic amines is 1. The van der Waals surface area contributed by atoms with Gasteiger partial charge in [0.15, 0.2) is 36.9 Å². The molecule has 2 aromatic heterocycles. The summed E-state index contributed by atoms with van der Waals surface area (Å²) in [5.74, 6) is -1.89. The van der Waals surface area contributed by atoms with E-state index >= 15 is 0 Å². The minimum Gasteiger partial charge on any atom is -1.00 e. The Morgan fingerprint density at radius 1 is 0.792 bits per heavy atom. The van der Waals surface area contributed by atoms with Crippen LogP contribution in [-0.2, 0) is 33.3 Å². The molecule has 1 fully saturated rings. The van der Waals surface area contributed by atoms with Gasteiger partial charge in [-0.05, 0) is 36.4 Å². The zero-order chi connectivity index (χ0) is 33.1. The molecule has 48 heavy (non-hydrogen) atoms. The molecule has 0 aliphatic carbocycles. The van der Waals surface area contributed by atoms with Crippen LogP contribution < -0.4 is 39.4 Å². The van der Waals surface area contributed by atoms with E-state index in [4.69, 9.17) is 23.9 Å². The van der Waals surface area contributed by atoms with Crippen molar-refractivity contribution in [1.29, 1.82) is 0 Å². The van der Waals surface area contributed by atoms with Crippen molar-refractivity contribution in [2.24, 2.45) is 0 Å². The van der Waals surface area contributed by atoms with Gasteiger partial charge in [-0.1, -0.05) is 54.6 Å². The number of nitrogens with one attached hydrogen (secondary N) is 1. The van der Waals surface area contributed by atoms with E-state index in [0.29, 0.717) is 11.0 Å². The maximum absolute atomic E-state index is 13.6. The lowest BCUT2D eigenvalue weighted by molar-refractivity contribution is -0.166. The lowest BCUT2D eigenvalue weighted by Gasteiger charge is -2.27. The number of esters is 3. The monoisotopic (exact) mass is 690 g/mol. The second kappa shape index (κ2) is 14.5. The van der Waals surface area contributed by atoms with E-state index in [2.05, 4.69) is 9.97 Å². The number of carbonyl (C=O) groups excluding carboxylic acids is 3. The number of fused-ring (bicyclic) bond motifs is 1. The number of halogens is 1. The highest BCUT2D eigenvalue weighted by Crippen LogP contribution is 2.54. The second-order valence-electron chi connectivity index (χ2n) is 10.9. The molecule has 0 saturated carbocycles. The Labute approximate surface area is 282 Å². The Hall–Kier alpha value is -4.90. The molecule has 4 atom stereocenters. The van der Waals surface area contributed by atoms with Crippen LogP contribution in [0.4, 0.5) is 0 Å². The maximum Gasteiger partial charge on any atom is 0.350 e. The molecule has 3 aromatic carbocycles. The SMILES string of the molecule is CC(=O)OC[C@H]1O[C@@H](n2cnc3c([P+](c4ccccc4)(c4ccccc4)c4ccccc4)[nH]c(=O)nc32)[C@H](OC(C)=O)[C@@H]1OC(C)=O.[Cl-]. The van der Waals surface area contributed by atoms with Crippen LogP contribution in [0.5, 0.6) is 0 Å². The summed E-state index contributed by atoms with van der Waals surface area (Å²) in [4.78, 5) is 61.8. The third-order valence-electron chi connectivity index (χ3n) is 7.81. The summed E-state index contributed by atoms with van der Waals surface area (Å²) < 4.78 is 24.1. The Morgan fingerprint density at radius 3 is 1.77 bits per heavy atom. The summed E-state index contributed by atoms with van der Waals surface area (Å²) in [6, 6.07) is 29.8. The number of H-pyrrole nitrogens is 1. The third-order valence-corrected chi connectivity index (χ3v) is 12.0. The van der Waals surface area contributed by atoms with Gasteiger partial charge in [-0.2, -0.15) is 4.98 Å². The predicted molar refractivity (Wildman–Crippen MR) is 175 cm³/mol. The fourth-order valence-electron chi connectivity index (χ4n) is 6.05. The highest BCUT2D eigenvalue weighted by Gasteiger charge is 2.53. The molecule has 1 aliphatic rings. The number of hydrogen-bond acceptors (Lipinski definition) is 10. The molecule has 0 bridgehead atoms. The van der Waals surface area contributed by atoms with Crippen molar-refractivity contribution in [3.8, 4) is 0 Å². The maximum atomic E-state index is 13.6. The van der Waals surface area contributed by atoms with E-state index in [1.807, 2.05) is 91.0 Å². The molecule has 0 spiro atoms. The molecule has 0 unspecified atom stereocenters. The van der Waals surface area contributed by atoms with Gasteiger partial charge in [-0.15, -0.1) is 0 Å². The van der Waals surface area contributed by atoms with Crippen molar-refractivity contribution in [2.75, 3.05) is 6.61 Å². The summed E-state index contributed by atoms with van der Waals surface area (Å²) in [5, 5.41) is 2.92. The summed E-state index contributed by atoms with van der Waals surface area (Å²) in [5.41, 5.74) is 0.487. The van der Waals surface area contributed by atoms with Crippen LogP contribution in [0.25, 0.3) is 11.2 Å². The third kappa shape index (κ3) is 6.47. The highest BCUT2D eigenvalue weighted by molar-refractivity contribution is 8.01. The lowest BCUT2D eigenvalue weighted by Crippen LogP contribution is -3.00. The van der Waals surface area contributed by atoms with Gasteiger partial charge in [0, 0.05) is 20.8 Å². The van der Waals surface area contributed by atoms with Crippen molar-refractivity contribution < 1.29 is 45.7 Å². The van der Waals surface area contributed by atoms with Crippen LogP contribution in [0.15, 0.2) is 102 Å². The summed E-state index contributed by atoms with van der Waals surface area (Å²) in [7, 11) is -2.82. The topological polar surface area (TPSA) is 152 Å². The standard InChI is InChI=1S/C34H31N4O8P.ClH/c1-21(39)43-19-27-29(44-22(2)40)30(45-23(3)41)33(46-27)38-20-35-28-31(38)36-34(42)37-32(28)47(24-13-7-4-8-14-24,25-15-9-5-10-16-25)26-17-11-6-12-18-26;/h4-18,20,27,29-30,33H,19H2,1-3H3;1H/t27-,29-,30-,33-;/m1./s1. The molecule has 14 heteroatoms. The molecule has 12 nitrogen and oxygen atoms in total. The minimum absolute atomic E-state index is 0. The molecule has 0 amide bonds. The molecule has 1 saturated heterocycles. The number of rotatable bonds is 9. The van der Waals surface area contributed by atoms with Crippen molar-refractivity contribution in [1.82, 2.24) is 19.5 Å². The molecular formula is C34H32ClN4O8P. The van der Waals surface area contributed by atoms with Crippen LogP contribution in [0.3, 0.4) is 0 Å². The van der Waals surface area contributed by atoms with Crippen LogP contribution >= 0.6 is 7.26 Å². The number of aromatic nitrogens is 4. The first-order valence-corrected chi connectivity index (χ1v) is 16.7. The quantitative estimate of drug-likeness (QED) is 0.117. The number of hydrogen-bond donors (Lipinski definition) is 1. The molecule has 1 N–H and O–H groups in total. The van der Waals surface area contributed by atoms with Gasteiger partial charge >= 0.3 is 23.6 Å². The Kier molecular flexibility index (Phi) is 10.4. The average Bonchev–Trinajstić information content (AvgIpc) is 3.62. The molecular weight excluding hydrogens is 659 g/mol. The van der Waals surface area contributed by atoms with Crippen molar-refractivity contribution in [3.05, 3.63) is 108 Å². The van der Waals surface area contributed by atoms with E-state index in [1.165, 1.54) is 31.7 Å². The van der Waals surface area contributed by atoms with Gasteiger partial charge < -0.3 is 31.4 Å². The number of imidazole rings is 1. The summed E-state index contributed by atoms with van der Waals surface area (Å²) in [6.07, 6.45) is -3.01. The number of carbonyl (C=O) groups is 3. The van der Waals surface area contributed by atoms with Crippen LogP contribution in [0.1, 0.15) is 27.0 Å². The van der Waals surface area contributed by atoms with Crippen molar-refractivity contribution in [2.45, 2.75) is 45.3 Å². The Balaban J connectivity index is 0.00000451. The van der Waals surface area contributed by atoms with E-state index in [9.17, 15) is 19.2 Å². The van der Waals surface area contributed by atoms with E-state index < -0.39 is 55.4 Å². The lowest BCUT2D eigenvalue weighted by atomic mass is 10.1. The fraction of sp³-hybridized carbons (Fsp3) is 0.235. The number of nitrogens with zero attached hydrogens (tertiary/aromatic N) is 3. The van der Waals surface area contributed by atoms with Crippen LogP contribution in [-0.4, -0.2) is 62.3 Å². The fourth-order valence-corrected chi connectivity index (χ4v) is 10.3. The zero-order valence-corrected chi connectivity index (χ0v) is 27.8. The second-order valence-corrected chi connectivity index (χ2v) is 14.2. The molecule has 5 aromatic rings. The minimum atomic E-state index is -2.82. The van der Waals surface area contributed by atoms with Gasteiger partial charge in [0.2, 0.25) is 5.44 Å². The number of ether oxygens (including phenoxy) is 4. The molecule has 248 valence electrons. The van der Waals surface area contributed by atoms with E-state index in [1.54, 1.807) is 0 Å². The largest absolute Gasteiger partial charge is 1.00 e. The van der Waals surface area contributed by atoms with Crippen molar-refractivity contribution >= 4 is 57.7 Å². The first-order chi connectivity index (χ1) is 22.7. The Morgan fingerprint density at radius 2 is 1.29 bits per heavy atom. The smallest absolute Gasteiger partial charge is 0.350 e. The Bertz CT molecular complexity index is 1880.